The fraction of sp³-hybridized carbons (Fsp3) is 0.263. The number of alkyl halides is 3. The smallest absolute Gasteiger partial charge is 0.379 e. The lowest BCUT2D eigenvalue weighted by Crippen LogP contribution is -2.29. The Balaban J connectivity index is 1.89. The van der Waals surface area contributed by atoms with E-state index in [0.29, 0.717) is 17.2 Å². The number of hydrogen-bond donors (Lipinski definition) is 2. The molecule has 1 aliphatic heterocycles. The summed E-state index contributed by atoms with van der Waals surface area (Å²) in [5.41, 5.74) is 4.48. The molecule has 4 nitrogen and oxygen atoms in total. The summed E-state index contributed by atoms with van der Waals surface area (Å²) >= 11 is 1.43. The number of nitrogens with one attached hydrogen (secondary N) is 1. The van der Waals surface area contributed by atoms with Crippen molar-refractivity contribution in [3.63, 3.8) is 0 Å². The van der Waals surface area contributed by atoms with Crippen LogP contribution in [0.15, 0.2) is 47.5 Å². The molecule has 1 unspecified atom stereocenters. The second kappa shape index (κ2) is 7.46. The first-order valence-electron chi connectivity index (χ1n) is 8.35. The van der Waals surface area contributed by atoms with Gasteiger partial charge in [0.1, 0.15) is 5.82 Å². The summed E-state index contributed by atoms with van der Waals surface area (Å²) in [6.45, 7) is 1.85. The molecule has 0 aromatic heterocycles. The lowest BCUT2D eigenvalue weighted by atomic mass is 9.89. The SMILES string of the molecule is CC1(c2ccc(F)c(NC(=O)c3cccc(C(F)(F)F)c3)c2)CCSC(N)=N1. The second-order valence-electron chi connectivity index (χ2n) is 6.55. The van der Waals surface area contributed by atoms with E-state index in [1.807, 2.05) is 6.92 Å². The van der Waals surface area contributed by atoms with Crippen molar-refractivity contribution in [1.82, 2.24) is 0 Å². The van der Waals surface area contributed by atoms with Crippen LogP contribution in [0.25, 0.3) is 0 Å². The molecule has 0 spiro atoms. The third-order valence-electron chi connectivity index (χ3n) is 4.48. The zero-order chi connectivity index (χ0) is 20.5. The van der Waals surface area contributed by atoms with Crippen LogP contribution in [0.3, 0.4) is 0 Å². The highest BCUT2D eigenvalue weighted by Gasteiger charge is 2.32. The van der Waals surface area contributed by atoms with Gasteiger partial charge in [0.15, 0.2) is 5.17 Å². The molecule has 3 N–H and O–H groups in total. The lowest BCUT2D eigenvalue weighted by Gasteiger charge is -2.30. The molecule has 148 valence electrons. The predicted octanol–water partition coefficient (Wildman–Crippen LogP) is 4.76. The number of amidine groups is 1. The van der Waals surface area contributed by atoms with E-state index in [0.717, 1.165) is 24.0 Å². The standard InChI is InChI=1S/C19H17F4N3OS/c1-18(7-8-28-17(24)26-18)12-5-6-14(20)15(10-12)25-16(27)11-3-2-4-13(9-11)19(21,22)23/h2-6,9-10H,7-8H2,1H3,(H2,24,26)(H,25,27). The van der Waals surface area contributed by atoms with Crippen molar-refractivity contribution in [2.75, 3.05) is 11.1 Å². The van der Waals surface area contributed by atoms with Crippen LogP contribution in [-0.2, 0) is 11.7 Å². The Morgan fingerprint density at radius 3 is 2.68 bits per heavy atom. The van der Waals surface area contributed by atoms with Crippen LogP contribution >= 0.6 is 11.8 Å². The summed E-state index contributed by atoms with van der Waals surface area (Å²) in [6.07, 6.45) is -3.90. The van der Waals surface area contributed by atoms with Crippen LogP contribution in [0.5, 0.6) is 0 Å². The molecule has 1 aliphatic rings. The number of aliphatic imine (C=N–C) groups is 1. The monoisotopic (exact) mass is 411 g/mol. The van der Waals surface area contributed by atoms with Crippen LogP contribution in [0.4, 0.5) is 23.2 Å². The lowest BCUT2D eigenvalue weighted by molar-refractivity contribution is -0.137. The molecule has 3 rings (SSSR count). The summed E-state index contributed by atoms with van der Waals surface area (Å²) in [6, 6.07) is 8.13. The number of thioether (sulfide) groups is 1. The van der Waals surface area contributed by atoms with E-state index in [9.17, 15) is 22.4 Å². The number of rotatable bonds is 3. The van der Waals surface area contributed by atoms with Gasteiger partial charge in [0.2, 0.25) is 0 Å². The zero-order valence-electron chi connectivity index (χ0n) is 14.8. The van der Waals surface area contributed by atoms with Crippen molar-refractivity contribution in [3.05, 3.63) is 65.0 Å². The molecule has 2 aromatic rings. The molecule has 0 fully saturated rings. The molecule has 2 aromatic carbocycles. The molecule has 1 amide bonds. The highest BCUT2D eigenvalue weighted by Crippen LogP contribution is 2.36. The van der Waals surface area contributed by atoms with E-state index in [2.05, 4.69) is 10.3 Å². The quantitative estimate of drug-likeness (QED) is 0.716. The Bertz CT molecular complexity index is 945. The van der Waals surface area contributed by atoms with Crippen molar-refractivity contribution >= 4 is 28.5 Å². The number of hydrogen-bond acceptors (Lipinski definition) is 4. The van der Waals surface area contributed by atoms with Gasteiger partial charge >= 0.3 is 6.18 Å². The Morgan fingerprint density at radius 2 is 2.00 bits per heavy atom. The normalized spacial score (nSPS) is 19.8. The maximum atomic E-state index is 14.2. The number of nitrogens with two attached hydrogens (primary N) is 1. The van der Waals surface area contributed by atoms with Gasteiger partial charge < -0.3 is 11.1 Å². The summed E-state index contributed by atoms with van der Waals surface area (Å²) in [7, 11) is 0. The van der Waals surface area contributed by atoms with Crippen LogP contribution in [0.1, 0.15) is 34.8 Å². The number of benzene rings is 2. The van der Waals surface area contributed by atoms with Crippen molar-refractivity contribution in [2.24, 2.45) is 10.7 Å². The summed E-state index contributed by atoms with van der Waals surface area (Å²) in [5.74, 6) is -0.792. The molecule has 0 saturated carbocycles. The van der Waals surface area contributed by atoms with Gasteiger partial charge in [-0.25, -0.2) is 4.39 Å². The van der Waals surface area contributed by atoms with Crippen LogP contribution in [0.2, 0.25) is 0 Å². The third kappa shape index (κ3) is 4.30. The molecule has 0 saturated heterocycles. The van der Waals surface area contributed by atoms with E-state index in [-0.39, 0.29) is 11.3 Å². The second-order valence-corrected chi connectivity index (χ2v) is 7.66. The first-order chi connectivity index (χ1) is 13.1. The van der Waals surface area contributed by atoms with Gasteiger partial charge in [-0.2, -0.15) is 13.2 Å². The summed E-state index contributed by atoms with van der Waals surface area (Å²) < 4.78 is 52.7. The molecular weight excluding hydrogens is 394 g/mol. The van der Waals surface area contributed by atoms with E-state index in [4.69, 9.17) is 5.73 Å². The van der Waals surface area contributed by atoms with E-state index in [1.165, 1.54) is 30.0 Å². The number of nitrogens with zero attached hydrogens (tertiary/aromatic N) is 1. The predicted molar refractivity (Wildman–Crippen MR) is 102 cm³/mol. The number of carbonyl (C=O) groups excluding carboxylic acids is 1. The van der Waals surface area contributed by atoms with Gasteiger partial charge in [-0.3, -0.25) is 9.79 Å². The van der Waals surface area contributed by atoms with Gasteiger partial charge in [-0.15, -0.1) is 0 Å². The first kappa shape index (κ1) is 20.2. The Morgan fingerprint density at radius 1 is 1.25 bits per heavy atom. The Kier molecular flexibility index (Phi) is 5.38. The van der Waals surface area contributed by atoms with Gasteiger partial charge in [0, 0.05) is 11.3 Å². The average molecular weight is 411 g/mol. The molecule has 0 aliphatic carbocycles. The Hall–Kier alpha value is -2.55. The fourth-order valence-electron chi connectivity index (χ4n) is 2.88. The number of amides is 1. The topological polar surface area (TPSA) is 67.5 Å². The third-order valence-corrected chi connectivity index (χ3v) is 5.28. The maximum Gasteiger partial charge on any atom is 0.416 e. The molecule has 28 heavy (non-hydrogen) atoms. The van der Waals surface area contributed by atoms with Gasteiger partial charge in [-0.1, -0.05) is 23.9 Å². The molecule has 9 heteroatoms. The highest BCUT2D eigenvalue weighted by molar-refractivity contribution is 8.13. The highest BCUT2D eigenvalue weighted by atomic mass is 32.2. The minimum Gasteiger partial charge on any atom is -0.379 e. The number of anilines is 1. The minimum atomic E-state index is -4.58. The zero-order valence-corrected chi connectivity index (χ0v) is 15.6. The van der Waals surface area contributed by atoms with Crippen molar-refractivity contribution < 1.29 is 22.4 Å². The number of carbonyl (C=O) groups is 1. The molecule has 1 heterocycles. The minimum absolute atomic E-state index is 0.131. The number of halogens is 4. The van der Waals surface area contributed by atoms with Crippen molar-refractivity contribution in [1.29, 1.82) is 0 Å². The van der Waals surface area contributed by atoms with Gasteiger partial charge in [-0.05, 0) is 49.2 Å². The fourth-order valence-corrected chi connectivity index (χ4v) is 3.86. The summed E-state index contributed by atoms with van der Waals surface area (Å²) in [5, 5.41) is 2.77. The van der Waals surface area contributed by atoms with Gasteiger partial charge in [0.05, 0.1) is 16.8 Å². The van der Waals surface area contributed by atoms with Crippen LogP contribution in [-0.4, -0.2) is 16.8 Å². The molecule has 1 atom stereocenters. The van der Waals surface area contributed by atoms with E-state index < -0.39 is 29.0 Å². The van der Waals surface area contributed by atoms with Crippen LogP contribution in [0, 0.1) is 5.82 Å². The maximum absolute atomic E-state index is 14.2. The average Bonchev–Trinajstić information content (AvgIpc) is 2.62. The van der Waals surface area contributed by atoms with Crippen molar-refractivity contribution in [3.8, 4) is 0 Å². The molecule has 0 radical (unpaired) electrons. The summed E-state index contributed by atoms with van der Waals surface area (Å²) in [4.78, 5) is 16.8. The van der Waals surface area contributed by atoms with Crippen molar-refractivity contribution in [2.45, 2.75) is 25.1 Å². The Labute approximate surface area is 163 Å². The molecule has 0 bridgehead atoms. The van der Waals surface area contributed by atoms with E-state index in [1.54, 1.807) is 6.07 Å². The van der Waals surface area contributed by atoms with E-state index >= 15 is 0 Å². The van der Waals surface area contributed by atoms with Crippen LogP contribution < -0.4 is 11.1 Å². The first-order valence-corrected chi connectivity index (χ1v) is 9.34. The molecular formula is C19H17F4N3OS. The van der Waals surface area contributed by atoms with Gasteiger partial charge in [0.25, 0.3) is 5.91 Å². The largest absolute Gasteiger partial charge is 0.416 e.